The van der Waals surface area contributed by atoms with Crippen molar-refractivity contribution in [3.05, 3.63) is 35.6 Å². The molecule has 3 rings (SSSR count). The first kappa shape index (κ1) is 15.9. The zero-order valence-corrected chi connectivity index (χ0v) is 13.3. The Hall–Kier alpha value is -0.970. The molecule has 4 heteroatoms. The predicted octanol–water partition coefficient (Wildman–Crippen LogP) is 2.81. The lowest BCUT2D eigenvalue weighted by molar-refractivity contribution is 0.0597. The van der Waals surface area contributed by atoms with Gasteiger partial charge in [0.15, 0.2) is 0 Å². The third-order valence-electron chi connectivity index (χ3n) is 4.80. The van der Waals surface area contributed by atoms with Crippen LogP contribution in [0.1, 0.15) is 31.2 Å². The molecule has 1 N–H and O–H groups in total. The van der Waals surface area contributed by atoms with Gasteiger partial charge in [0.25, 0.3) is 0 Å². The molecule has 0 amide bonds. The maximum Gasteiger partial charge on any atom is 0.123 e. The van der Waals surface area contributed by atoms with Crippen molar-refractivity contribution in [1.82, 2.24) is 10.2 Å². The molecule has 0 aromatic heterocycles. The summed E-state index contributed by atoms with van der Waals surface area (Å²) >= 11 is 0. The van der Waals surface area contributed by atoms with Crippen molar-refractivity contribution in [3.8, 4) is 0 Å². The van der Waals surface area contributed by atoms with Gasteiger partial charge in [-0.3, -0.25) is 10.2 Å². The van der Waals surface area contributed by atoms with Crippen LogP contribution in [0, 0.1) is 11.7 Å². The Balaban J connectivity index is 1.43. The summed E-state index contributed by atoms with van der Waals surface area (Å²) in [6, 6.07) is 7.50. The lowest BCUT2D eigenvalue weighted by Gasteiger charge is -2.34. The first-order valence-electron chi connectivity index (χ1n) is 8.57. The van der Waals surface area contributed by atoms with Gasteiger partial charge in [0.2, 0.25) is 0 Å². The topological polar surface area (TPSA) is 24.5 Å². The minimum absolute atomic E-state index is 0.145. The molecular formula is C18H27FN2O. The number of hydrogen-bond donors (Lipinski definition) is 1. The average molecular weight is 306 g/mol. The van der Waals surface area contributed by atoms with Crippen LogP contribution >= 0.6 is 0 Å². The van der Waals surface area contributed by atoms with Gasteiger partial charge < -0.3 is 4.74 Å². The fraction of sp³-hybridized carbons (Fsp3) is 0.667. The Morgan fingerprint density at radius 1 is 1.18 bits per heavy atom. The van der Waals surface area contributed by atoms with E-state index in [-0.39, 0.29) is 5.82 Å². The average Bonchev–Trinajstić information content (AvgIpc) is 2.57. The molecule has 2 fully saturated rings. The van der Waals surface area contributed by atoms with E-state index in [1.165, 1.54) is 37.8 Å². The summed E-state index contributed by atoms with van der Waals surface area (Å²) in [7, 11) is 0. The Morgan fingerprint density at radius 2 is 2.05 bits per heavy atom. The number of hydrogen-bond acceptors (Lipinski definition) is 3. The van der Waals surface area contributed by atoms with Crippen molar-refractivity contribution in [2.45, 2.75) is 38.1 Å². The van der Waals surface area contributed by atoms with Crippen LogP contribution in [0.25, 0.3) is 0 Å². The Kier molecular flexibility index (Phi) is 5.82. The van der Waals surface area contributed by atoms with Gasteiger partial charge in [-0.25, -0.2) is 4.39 Å². The second-order valence-corrected chi connectivity index (χ2v) is 6.69. The summed E-state index contributed by atoms with van der Waals surface area (Å²) in [6.45, 7) is 5.06. The smallest absolute Gasteiger partial charge is 0.123 e. The van der Waals surface area contributed by atoms with E-state index in [4.69, 9.17) is 4.74 Å². The highest BCUT2D eigenvalue weighted by molar-refractivity contribution is 5.16. The predicted molar refractivity (Wildman–Crippen MR) is 86.2 cm³/mol. The molecule has 2 atom stereocenters. The van der Waals surface area contributed by atoms with Gasteiger partial charge in [0.1, 0.15) is 5.82 Å². The molecule has 22 heavy (non-hydrogen) atoms. The number of halogens is 1. The van der Waals surface area contributed by atoms with Gasteiger partial charge in [-0.15, -0.1) is 0 Å². The van der Waals surface area contributed by atoms with Crippen LogP contribution in [0.2, 0.25) is 0 Å². The van der Waals surface area contributed by atoms with E-state index in [1.807, 2.05) is 12.1 Å². The van der Waals surface area contributed by atoms with Gasteiger partial charge >= 0.3 is 0 Å². The third kappa shape index (κ3) is 4.77. The zero-order valence-electron chi connectivity index (χ0n) is 13.3. The molecule has 2 aliphatic heterocycles. The Bertz CT molecular complexity index is 445. The summed E-state index contributed by atoms with van der Waals surface area (Å²) in [6.07, 6.45) is 6.00. The van der Waals surface area contributed by atoms with Crippen LogP contribution in [-0.4, -0.2) is 43.9 Å². The number of benzene rings is 1. The number of likely N-dealkylation sites (tertiary alicyclic amines) is 1. The molecule has 2 aliphatic rings. The second-order valence-electron chi connectivity index (χ2n) is 6.69. The van der Waals surface area contributed by atoms with Crippen LogP contribution in [0.15, 0.2) is 24.3 Å². The van der Waals surface area contributed by atoms with E-state index in [2.05, 4.69) is 10.2 Å². The van der Waals surface area contributed by atoms with Crippen LogP contribution in [0.3, 0.4) is 0 Å². The maximum atomic E-state index is 13.0. The lowest BCUT2D eigenvalue weighted by Crippen LogP contribution is -2.47. The molecule has 0 saturated carbocycles. The molecule has 1 aromatic rings. The van der Waals surface area contributed by atoms with E-state index in [1.54, 1.807) is 12.1 Å². The molecule has 0 unspecified atom stereocenters. The fourth-order valence-electron chi connectivity index (χ4n) is 3.58. The van der Waals surface area contributed by atoms with Crippen LogP contribution in [0.4, 0.5) is 4.39 Å². The number of nitrogens with zero attached hydrogens (tertiary/aromatic N) is 1. The lowest BCUT2D eigenvalue weighted by atomic mass is 9.91. The summed E-state index contributed by atoms with van der Waals surface area (Å²) in [4.78, 5) is 2.52. The van der Waals surface area contributed by atoms with Gasteiger partial charge in [0, 0.05) is 25.9 Å². The molecule has 0 spiro atoms. The Labute approximate surface area is 132 Å². The molecule has 3 nitrogen and oxygen atoms in total. The minimum atomic E-state index is -0.145. The zero-order chi connectivity index (χ0) is 15.2. The highest BCUT2D eigenvalue weighted by Crippen LogP contribution is 2.21. The van der Waals surface area contributed by atoms with E-state index in [9.17, 15) is 4.39 Å². The quantitative estimate of drug-likeness (QED) is 0.905. The summed E-state index contributed by atoms with van der Waals surface area (Å²) in [5.41, 5.74) is 1.25. The first-order valence-corrected chi connectivity index (χ1v) is 8.57. The third-order valence-corrected chi connectivity index (χ3v) is 4.80. The Morgan fingerprint density at radius 3 is 2.82 bits per heavy atom. The molecule has 0 aliphatic carbocycles. The van der Waals surface area contributed by atoms with Crippen molar-refractivity contribution in [2.24, 2.45) is 5.92 Å². The van der Waals surface area contributed by atoms with Gasteiger partial charge in [-0.05, 0) is 62.3 Å². The normalized spacial score (nSPS) is 27.0. The van der Waals surface area contributed by atoms with E-state index < -0.39 is 0 Å². The molecule has 2 heterocycles. The van der Waals surface area contributed by atoms with Crippen molar-refractivity contribution >= 4 is 0 Å². The summed E-state index contributed by atoms with van der Waals surface area (Å²) < 4.78 is 18.5. The number of piperidine rings is 1. The number of rotatable bonds is 5. The molecule has 0 radical (unpaired) electrons. The highest BCUT2D eigenvalue weighted by Gasteiger charge is 2.21. The molecule has 122 valence electrons. The highest BCUT2D eigenvalue weighted by atomic mass is 19.1. The summed E-state index contributed by atoms with van der Waals surface area (Å²) in [5, 5.41) is 3.63. The number of ether oxygens (including phenoxy) is 1. The van der Waals surface area contributed by atoms with Gasteiger partial charge in [-0.2, -0.15) is 0 Å². The SMILES string of the molecule is Fc1ccc(C[C@@H]2CCCN(CN[C@H]3CCCOC3)C2)cc1. The van der Waals surface area contributed by atoms with E-state index >= 15 is 0 Å². The van der Waals surface area contributed by atoms with Crippen molar-refractivity contribution in [3.63, 3.8) is 0 Å². The maximum absolute atomic E-state index is 13.0. The monoisotopic (exact) mass is 306 g/mol. The van der Waals surface area contributed by atoms with Crippen LogP contribution < -0.4 is 5.32 Å². The fourth-order valence-corrected chi connectivity index (χ4v) is 3.58. The molecule has 0 bridgehead atoms. The largest absolute Gasteiger partial charge is 0.380 e. The molecule has 2 saturated heterocycles. The van der Waals surface area contributed by atoms with Crippen molar-refractivity contribution in [1.29, 1.82) is 0 Å². The van der Waals surface area contributed by atoms with Crippen molar-refractivity contribution in [2.75, 3.05) is 33.0 Å². The van der Waals surface area contributed by atoms with E-state index in [0.29, 0.717) is 12.0 Å². The summed E-state index contributed by atoms with van der Waals surface area (Å²) in [5.74, 6) is 0.538. The molecule has 1 aromatic carbocycles. The van der Waals surface area contributed by atoms with E-state index in [0.717, 1.165) is 32.8 Å². The first-order chi connectivity index (χ1) is 10.8. The van der Waals surface area contributed by atoms with Crippen molar-refractivity contribution < 1.29 is 9.13 Å². The van der Waals surface area contributed by atoms with Gasteiger partial charge in [-0.1, -0.05) is 12.1 Å². The van der Waals surface area contributed by atoms with Crippen LogP contribution in [-0.2, 0) is 11.2 Å². The second kappa shape index (κ2) is 8.04. The molecular weight excluding hydrogens is 279 g/mol. The minimum Gasteiger partial charge on any atom is -0.380 e. The van der Waals surface area contributed by atoms with Crippen LogP contribution in [0.5, 0.6) is 0 Å². The van der Waals surface area contributed by atoms with Gasteiger partial charge in [0.05, 0.1) is 6.61 Å². The standard InChI is InChI=1S/C18H27FN2O/c19-17-7-5-15(6-8-17)11-16-3-1-9-21(12-16)14-20-18-4-2-10-22-13-18/h5-8,16,18,20H,1-4,9-14H2/t16-,18-/m0/s1. The number of nitrogens with one attached hydrogen (secondary N) is 1.